The fourth-order valence-electron chi connectivity index (χ4n) is 1.92. The Morgan fingerprint density at radius 1 is 1.05 bits per heavy atom. The molecule has 0 aliphatic carbocycles. The molecule has 0 radical (unpaired) electrons. The van der Waals surface area contributed by atoms with Gasteiger partial charge in [0.25, 0.3) is 0 Å². The van der Waals surface area contributed by atoms with E-state index in [4.69, 9.17) is 16.3 Å². The van der Waals surface area contributed by atoms with Gasteiger partial charge < -0.3 is 10.1 Å². The van der Waals surface area contributed by atoms with Gasteiger partial charge in [-0.25, -0.2) is 0 Å². The van der Waals surface area contributed by atoms with Crippen molar-refractivity contribution < 1.29 is 4.74 Å². The smallest absolute Gasteiger partial charge is 0.138 e. The molecule has 0 fully saturated rings. The topological polar surface area (TPSA) is 21.3 Å². The summed E-state index contributed by atoms with van der Waals surface area (Å²) in [5.41, 5.74) is 2.31. The maximum absolute atomic E-state index is 6.26. The van der Waals surface area contributed by atoms with Gasteiger partial charge in [0, 0.05) is 6.54 Å². The largest absolute Gasteiger partial charge is 0.487 e. The van der Waals surface area contributed by atoms with Crippen molar-refractivity contribution in [2.75, 3.05) is 6.54 Å². The van der Waals surface area contributed by atoms with E-state index in [-0.39, 0.29) is 0 Å². The number of hydrogen-bond donors (Lipinski definition) is 1. The predicted octanol–water partition coefficient (Wildman–Crippen LogP) is 4.42. The van der Waals surface area contributed by atoms with Crippen molar-refractivity contribution in [3.63, 3.8) is 0 Å². The fraction of sp³-hybridized carbons (Fsp3) is 0.294. The molecule has 1 N–H and O–H groups in total. The Morgan fingerprint density at radius 2 is 1.85 bits per heavy atom. The molecule has 0 heterocycles. The average molecular weight is 290 g/mol. The summed E-state index contributed by atoms with van der Waals surface area (Å²) in [6.45, 7) is 4.55. The number of hydrogen-bond acceptors (Lipinski definition) is 2. The molecule has 2 aromatic carbocycles. The Balaban J connectivity index is 1.92. The molecule has 0 saturated heterocycles. The first kappa shape index (κ1) is 14.9. The molecule has 0 spiro atoms. The first-order chi connectivity index (χ1) is 9.79. The van der Waals surface area contributed by atoms with Crippen molar-refractivity contribution in [2.24, 2.45) is 0 Å². The summed E-state index contributed by atoms with van der Waals surface area (Å²) < 4.78 is 5.75. The van der Waals surface area contributed by atoms with Crippen LogP contribution in [-0.4, -0.2) is 6.54 Å². The van der Waals surface area contributed by atoms with E-state index < -0.39 is 0 Å². The van der Waals surface area contributed by atoms with Gasteiger partial charge in [-0.15, -0.1) is 0 Å². The van der Waals surface area contributed by atoms with E-state index >= 15 is 0 Å². The first-order valence-corrected chi connectivity index (χ1v) is 7.33. The highest BCUT2D eigenvalue weighted by Crippen LogP contribution is 2.26. The van der Waals surface area contributed by atoms with Crippen LogP contribution in [0.15, 0.2) is 48.5 Å². The van der Waals surface area contributed by atoms with Crippen LogP contribution in [0.5, 0.6) is 5.75 Å². The maximum atomic E-state index is 6.26. The number of halogens is 1. The monoisotopic (exact) mass is 289 g/mol. The molecule has 0 aromatic heterocycles. The molecule has 0 aliphatic rings. The van der Waals surface area contributed by atoms with Gasteiger partial charge in [-0.05, 0) is 36.2 Å². The van der Waals surface area contributed by atoms with Gasteiger partial charge in [0.15, 0.2) is 0 Å². The van der Waals surface area contributed by atoms with Crippen molar-refractivity contribution in [3.8, 4) is 5.75 Å². The SMILES string of the molecule is CCCNCc1ccc(OCc2ccccc2)c(Cl)c1. The van der Waals surface area contributed by atoms with E-state index in [9.17, 15) is 0 Å². The molecule has 0 bridgehead atoms. The van der Waals surface area contributed by atoms with Crippen LogP contribution in [0.2, 0.25) is 5.02 Å². The molecule has 0 unspecified atom stereocenters. The van der Waals surface area contributed by atoms with E-state index in [1.165, 1.54) is 5.56 Å². The Labute approximate surface area is 125 Å². The van der Waals surface area contributed by atoms with Gasteiger partial charge >= 0.3 is 0 Å². The van der Waals surface area contributed by atoms with Gasteiger partial charge in [-0.2, -0.15) is 0 Å². The summed E-state index contributed by atoms with van der Waals surface area (Å²) in [6, 6.07) is 16.0. The lowest BCUT2D eigenvalue weighted by molar-refractivity contribution is 0.306. The molecule has 106 valence electrons. The molecule has 0 atom stereocenters. The molecule has 0 amide bonds. The molecule has 2 aromatic rings. The van der Waals surface area contributed by atoms with E-state index in [0.717, 1.165) is 30.8 Å². The number of rotatable bonds is 7. The van der Waals surface area contributed by atoms with Crippen LogP contribution < -0.4 is 10.1 Å². The minimum absolute atomic E-state index is 0.536. The van der Waals surface area contributed by atoms with Crippen molar-refractivity contribution in [1.29, 1.82) is 0 Å². The van der Waals surface area contributed by atoms with Crippen LogP contribution >= 0.6 is 11.6 Å². The highest BCUT2D eigenvalue weighted by atomic mass is 35.5. The molecule has 2 rings (SSSR count). The summed E-state index contributed by atoms with van der Waals surface area (Å²) in [5, 5.41) is 4.02. The Hall–Kier alpha value is -1.51. The molecule has 3 heteroatoms. The van der Waals surface area contributed by atoms with Crippen molar-refractivity contribution in [1.82, 2.24) is 5.32 Å². The Bertz CT molecular complexity index is 528. The van der Waals surface area contributed by atoms with Crippen LogP contribution in [0.25, 0.3) is 0 Å². The van der Waals surface area contributed by atoms with E-state index in [2.05, 4.69) is 18.3 Å². The second kappa shape index (κ2) is 7.93. The van der Waals surface area contributed by atoms with Gasteiger partial charge in [-0.3, -0.25) is 0 Å². The molecule has 0 saturated carbocycles. The van der Waals surface area contributed by atoms with E-state index in [1.54, 1.807) is 0 Å². The van der Waals surface area contributed by atoms with Crippen LogP contribution in [0.4, 0.5) is 0 Å². The van der Waals surface area contributed by atoms with Crippen LogP contribution in [0, 0.1) is 0 Å². The standard InChI is InChI=1S/C17H20ClNO/c1-2-10-19-12-15-8-9-17(16(18)11-15)20-13-14-6-4-3-5-7-14/h3-9,11,19H,2,10,12-13H2,1H3. The molecule has 20 heavy (non-hydrogen) atoms. The number of nitrogens with one attached hydrogen (secondary N) is 1. The zero-order chi connectivity index (χ0) is 14.2. The third-order valence-electron chi connectivity index (χ3n) is 2.99. The minimum Gasteiger partial charge on any atom is -0.487 e. The number of ether oxygens (including phenoxy) is 1. The second-order valence-corrected chi connectivity index (χ2v) is 5.12. The van der Waals surface area contributed by atoms with Crippen LogP contribution in [0.1, 0.15) is 24.5 Å². The maximum Gasteiger partial charge on any atom is 0.138 e. The summed E-state index contributed by atoms with van der Waals surface area (Å²) >= 11 is 6.26. The average Bonchev–Trinajstić information content (AvgIpc) is 2.48. The molecule has 2 nitrogen and oxygen atoms in total. The molecule has 0 aliphatic heterocycles. The Morgan fingerprint density at radius 3 is 2.55 bits per heavy atom. The minimum atomic E-state index is 0.536. The van der Waals surface area contributed by atoms with Gasteiger partial charge in [0.1, 0.15) is 12.4 Å². The summed E-state index contributed by atoms with van der Waals surface area (Å²) in [5.74, 6) is 0.731. The van der Waals surface area contributed by atoms with E-state index in [1.807, 2.05) is 42.5 Å². The summed E-state index contributed by atoms with van der Waals surface area (Å²) in [6.07, 6.45) is 1.13. The van der Waals surface area contributed by atoms with Crippen LogP contribution in [-0.2, 0) is 13.2 Å². The summed E-state index contributed by atoms with van der Waals surface area (Å²) in [7, 11) is 0. The lowest BCUT2D eigenvalue weighted by atomic mass is 10.2. The van der Waals surface area contributed by atoms with Crippen molar-refractivity contribution in [2.45, 2.75) is 26.5 Å². The highest BCUT2D eigenvalue weighted by molar-refractivity contribution is 6.32. The zero-order valence-electron chi connectivity index (χ0n) is 11.7. The van der Waals surface area contributed by atoms with Crippen molar-refractivity contribution >= 4 is 11.6 Å². The molecular formula is C17H20ClNO. The second-order valence-electron chi connectivity index (χ2n) is 4.72. The highest BCUT2D eigenvalue weighted by Gasteiger charge is 2.03. The van der Waals surface area contributed by atoms with Gasteiger partial charge in [0.05, 0.1) is 5.02 Å². The van der Waals surface area contributed by atoms with E-state index in [0.29, 0.717) is 11.6 Å². The lowest BCUT2D eigenvalue weighted by Gasteiger charge is -2.10. The predicted molar refractivity (Wildman–Crippen MR) is 84.2 cm³/mol. The summed E-state index contributed by atoms with van der Waals surface area (Å²) in [4.78, 5) is 0. The first-order valence-electron chi connectivity index (χ1n) is 6.95. The lowest BCUT2D eigenvalue weighted by Crippen LogP contribution is -2.13. The Kier molecular flexibility index (Phi) is 5.90. The quantitative estimate of drug-likeness (QED) is 0.762. The fourth-order valence-corrected chi connectivity index (χ4v) is 2.17. The van der Waals surface area contributed by atoms with Gasteiger partial charge in [-0.1, -0.05) is 54.9 Å². The third kappa shape index (κ3) is 4.55. The normalized spacial score (nSPS) is 10.5. The number of benzene rings is 2. The van der Waals surface area contributed by atoms with Crippen molar-refractivity contribution in [3.05, 3.63) is 64.7 Å². The van der Waals surface area contributed by atoms with Gasteiger partial charge in [0.2, 0.25) is 0 Å². The third-order valence-corrected chi connectivity index (χ3v) is 3.28. The van der Waals surface area contributed by atoms with Crippen LogP contribution in [0.3, 0.4) is 0 Å². The molecular weight excluding hydrogens is 270 g/mol. The zero-order valence-corrected chi connectivity index (χ0v) is 12.5.